The molecule has 2 unspecified atom stereocenters. The monoisotopic (exact) mass is 420 g/mol. The SMILES string of the molecule is CCNC(=NCCc1cccc(C(=O)N(C)C)c1)NC1CC1c1ccc(C(C)C)cc1. The van der Waals surface area contributed by atoms with E-state index in [1.165, 1.54) is 11.1 Å². The van der Waals surface area contributed by atoms with Crippen LogP contribution < -0.4 is 10.6 Å². The van der Waals surface area contributed by atoms with Crippen LogP contribution in [-0.2, 0) is 6.42 Å². The van der Waals surface area contributed by atoms with Gasteiger partial charge in [-0.3, -0.25) is 9.79 Å². The first kappa shape index (κ1) is 22.9. The van der Waals surface area contributed by atoms with E-state index in [1.54, 1.807) is 19.0 Å². The Morgan fingerprint density at radius 2 is 1.90 bits per heavy atom. The molecule has 0 saturated heterocycles. The number of amides is 1. The number of rotatable bonds is 8. The Morgan fingerprint density at radius 3 is 2.55 bits per heavy atom. The van der Waals surface area contributed by atoms with Crippen LogP contribution in [0.2, 0.25) is 0 Å². The molecule has 5 heteroatoms. The van der Waals surface area contributed by atoms with Gasteiger partial charge in [0, 0.05) is 44.7 Å². The van der Waals surface area contributed by atoms with Gasteiger partial charge in [-0.1, -0.05) is 50.2 Å². The number of guanidine groups is 1. The van der Waals surface area contributed by atoms with Crippen LogP contribution in [0.1, 0.15) is 66.1 Å². The van der Waals surface area contributed by atoms with Gasteiger partial charge in [-0.05, 0) is 54.5 Å². The van der Waals surface area contributed by atoms with Gasteiger partial charge in [-0.25, -0.2) is 0 Å². The predicted molar refractivity (Wildman–Crippen MR) is 129 cm³/mol. The molecule has 1 aliphatic rings. The second-order valence-electron chi connectivity index (χ2n) is 8.83. The molecule has 1 fully saturated rings. The van der Waals surface area contributed by atoms with Crippen molar-refractivity contribution in [3.63, 3.8) is 0 Å². The average Bonchev–Trinajstić information content (AvgIpc) is 3.52. The molecule has 3 rings (SSSR count). The van der Waals surface area contributed by atoms with Crippen LogP contribution in [0.5, 0.6) is 0 Å². The van der Waals surface area contributed by atoms with Gasteiger partial charge in [0.1, 0.15) is 0 Å². The second kappa shape index (κ2) is 10.5. The molecule has 0 aromatic heterocycles. The van der Waals surface area contributed by atoms with E-state index in [9.17, 15) is 4.79 Å². The van der Waals surface area contributed by atoms with Crippen molar-refractivity contribution < 1.29 is 4.79 Å². The summed E-state index contributed by atoms with van der Waals surface area (Å²) in [5, 5.41) is 6.95. The average molecular weight is 421 g/mol. The zero-order chi connectivity index (χ0) is 22.4. The van der Waals surface area contributed by atoms with Gasteiger partial charge in [-0.2, -0.15) is 0 Å². The first-order chi connectivity index (χ1) is 14.9. The molecule has 1 amide bonds. The summed E-state index contributed by atoms with van der Waals surface area (Å²) in [5.74, 6) is 2.02. The molecular formula is C26H36N4O. The van der Waals surface area contributed by atoms with E-state index in [0.717, 1.165) is 36.5 Å². The molecule has 0 spiro atoms. The summed E-state index contributed by atoms with van der Waals surface area (Å²) in [5.41, 5.74) is 4.64. The Hall–Kier alpha value is -2.82. The lowest BCUT2D eigenvalue weighted by Crippen LogP contribution is -2.39. The Balaban J connectivity index is 1.55. The highest BCUT2D eigenvalue weighted by molar-refractivity contribution is 5.94. The van der Waals surface area contributed by atoms with Gasteiger partial charge in [-0.15, -0.1) is 0 Å². The van der Waals surface area contributed by atoms with Gasteiger partial charge in [0.15, 0.2) is 5.96 Å². The maximum Gasteiger partial charge on any atom is 0.253 e. The number of hydrogen-bond acceptors (Lipinski definition) is 2. The van der Waals surface area contributed by atoms with Crippen molar-refractivity contribution in [2.24, 2.45) is 4.99 Å². The number of nitrogens with one attached hydrogen (secondary N) is 2. The van der Waals surface area contributed by atoms with Gasteiger partial charge in [0.25, 0.3) is 5.91 Å². The number of carbonyl (C=O) groups excluding carboxylic acids is 1. The van der Waals surface area contributed by atoms with Gasteiger partial charge in [0.2, 0.25) is 0 Å². The van der Waals surface area contributed by atoms with E-state index in [2.05, 4.69) is 61.7 Å². The molecule has 31 heavy (non-hydrogen) atoms. The highest BCUT2D eigenvalue weighted by Crippen LogP contribution is 2.41. The Bertz CT molecular complexity index is 902. The third-order valence-electron chi connectivity index (χ3n) is 5.74. The standard InChI is InChI=1S/C26H36N4O/c1-6-27-26(28-15-14-19-8-7-9-22(16-19)25(31)30(4)5)29-24-17-23(24)21-12-10-20(11-13-21)18(2)3/h7-13,16,18,23-24H,6,14-15,17H2,1-5H3,(H2,27,28,29). The molecule has 0 radical (unpaired) electrons. The molecular weight excluding hydrogens is 384 g/mol. The maximum atomic E-state index is 12.2. The van der Waals surface area contributed by atoms with E-state index in [-0.39, 0.29) is 5.91 Å². The van der Waals surface area contributed by atoms with Crippen LogP contribution in [0.25, 0.3) is 0 Å². The van der Waals surface area contributed by atoms with Gasteiger partial charge < -0.3 is 15.5 Å². The van der Waals surface area contributed by atoms with Crippen molar-refractivity contribution >= 4 is 11.9 Å². The van der Waals surface area contributed by atoms with Crippen LogP contribution in [-0.4, -0.2) is 50.0 Å². The molecule has 1 aliphatic carbocycles. The molecule has 2 atom stereocenters. The summed E-state index contributed by atoms with van der Waals surface area (Å²) < 4.78 is 0. The smallest absolute Gasteiger partial charge is 0.253 e. The van der Waals surface area contributed by atoms with E-state index >= 15 is 0 Å². The molecule has 0 heterocycles. The number of nitrogens with zero attached hydrogens (tertiary/aromatic N) is 2. The van der Waals surface area contributed by atoms with Crippen molar-refractivity contribution in [3.05, 3.63) is 70.8 Å². The first-order valence-corrected chi connectivity index (χ1v) is 11.3. The van der Waals surface area contributed by atoms with Crippen molar-refractivity contribution in [2.75, 3.05) is 27.2 Å². The molecule has 2 aromatic carbocycles. The summed E-state index contributed by atoms with van der Waals surface area (Å²) in [6, 6.07) is 17.3. The highest BCUT2D eigenvalue weighted by atomic mass is 16.2. The number of aliphatic imine (C=N–C) groups is 1. The minimum absolute atomic E-state index is 0.0292. The van der Waals surface area contributed by atoms with Crippen LogP contribution in [0.15, 0.2) is 53.5 Å². The number of carbonyl (C=O) groups is 1. The molecule has 0 aliphatic heterocycles. The zero-order valence-corrected chi connectivity index (χ0v) is 19.5. The largest absolute Gasteiger partial charge is 0.357 e. The van der Waals surface area contributed by atoms with Crippen molar-refractivity contribution in [1.82, 2.24) is 15.5 Å². The second-order valence-corrected chi connectivity index (χ2v) is 8.83. The lowest BCUT2D eigenvalue weighted by molar-refractivity contribution is 0.0827. The fraction of sp³-hybridized carbons (Fsp3) is 0.462. The summed E-state index contributed by atoms with van der Waals surface area (Å²) in [6.07, 6.45) is 1.94. The summed E-state index contributed by atoms with van der Waals surface area (Å²) in [7, 11) is 3.55. The molecule has 0 bridgehead atoms. The summed E-state index contributed by atoms with van der Waals surface area (Å²) in [6.45, 7) is 8.05. The van der Waals surface area contributed by atoms with E-state index in [4.69, 9.17) is 4.99 Å². The Morgan fingerprint density at radius 1 is 1.16 bits per heavy atom. The molecule has 2 N–H and O–H groups in total. The molecule has 5 nitrogen and oxygen atoms in total. The van der Waals surface area contributed by atoms with Crippen LogP contribution in [0, 0.1) is 0 Å². The van der Waals surface area contributed by atoms with Gasteiger partial charge >= 0.3 is 0 Å². The van der Waals surface area contributed by atoms with Crippen molar-refractivity contribution in [3.8, 4) is 0 Å². The topological polar surface area (TPSA) is 56.7 Å². The Kier molecular flexibility index (Phi) is 7.72. The fourth-order valence-corrected chi connectivity index (χ4v) is 3.76. The summed E-state index contributed by atoms with van der Waals surface area (Å²) >= 11 is 0. The minimum atomic E-state index is 0.0292. The summed E-state index contributed by atoms with van der Waals surface area (Å²) in [4.78, 5) is 18.5. The normalized spacial score (nSPS) is 18.1. The lowest BCUT2D eigenvalue weighted by atomic mass is 10.0. The lowest BCUT2D eigenvalue weighted by Gasteiger charge is -2.12. The Labute approximate surface area is 187 Å². The number of benzene rings is 2. The quantitative estimate of drug-likeness (QED) is 0.498. The van der Waals surface area contributed by atoms with Crippen molar-refractivity contribution in [1.29, 1.82) is 0 Å². The fourth-order valence-electron chi connectivity index (χ4n) is 3.76. The van der Waals surface area contributed by atoms with Crippen LogP contribution in [0.3, 0.4) is 0 Å². The van der Waals surface area contributed by atoms with E-state index in [1.807, 2.05) is 18.2 Å². The maximum absolute atomic E-state index is 12.2. The highest BCUT2D eigenvalue weighted by Gasteiger charge is 2.38. The van der Waals surface area contributed by atoms with E-state index in [0.29, 0.717) is 24.4 Å². The van der Waals surface area contributed by atoms with Gasteiger partial charge in [0.05, 0.1) is 0 Å². The van der Waals surface area contributed by atoms with Crippen LogP contribution in [0.4, 0.5) is 0 Å². The van der Waals surface area contributed by atoms with Crippen LogP contribution >= 0.6 is 0 Å². The first-order valence-electron chi connectivity index (χ1n) is 11.3. The number of hydrogen-bond donors (Lipinski definition) is 2. The third kappa shape index (κ3) is 6.33. The third-order valence-corrected chi connectivity index (χ3v) is 5.74. The molecule has 166 valence electrons. The van der Waals surface area contributed by atoms with Crippen molar-refractivity contribution in [2.45, 2.75) is 51.5 Å². The minimum Gasteiger partial charge on any atom is -0.357 e. The predicted octanol–water partition coefficient (Wildman–Crippen LogP) is 4.17. The molecule has 2 aromatic rings. The molecule has 1 saturated carbocycles. The zero-order valence-electron chi connectivity index (χ0n) is 19.5. The van der Waals surface area contributed by atoms with E-state index < -0.39 is 0 Å².